The highest BCUT2D eigenvalue weighted by Crippen LogP contribution is 2.35. The third kappa shape index (κ3) is 7.27. The van der Waals surface area contributed by atoms with E-state index in [1.165, 1.54) is 11.3 Å². The summed E-state index contributed by atoms with van der Waals surface area (Å²) in [6, 6.07) is 28.0. The number of carbonyl (C=O) groups is 2. The van der Waals surface area contributed by atoms with Gasteiger partial charge in [-0.3, -0.25) is 9.36 Å². The van der Waals surface area contributed by atoms with Crippen LogP contribution in [-0.2, 0) is 20.9 Å². The summed E-state index contributed by atoms with van der Waals surface area (Å²) < 4.78 is 24.2. The Morgan fingerprint density at radius 3 is 2.26 bits per heavy atom. The zero-order chi connectivity index (χ0) is 35.2. The van der Waals surface area contributed by atoms with Crippen LogP contribution in [0.5, 0.6) is 11.5 Å². The molecule has 2 heterocycles. The molecule has 1 aromatic heterocycles. The Morgan fingerprint density at radius 2 is 1.58 bits per heavy atom. The maximum Gasteiger partial charge on any atom is 0.338 e. The van der Waals surface area contributed by atoms with Crippen LogP contribution in [0.2, 0.25) is 5.02 Å². The van der Waals surface area contributed by atoms with E-state index in [0.717, 1.165) is 11.1 Å². The minimum absolute atomic E-state index is 0.158. The number of ether oxygens (including phenoxy) is 4. The van der Waals surface area contributed by atoms with Gasteiger partial charge >= 0.3 is 11.9 Å². The first-order valence-electron chi connectivity index (χ1n) is 15.9. The molecule has 0 amide bonds. The van der Waals surface area contributed by atoms with E-state index in [1.807, 2.05) is 36.4 Å². The molecule has 50 heavy (non-hydrogen) atoms. The van der Waals surface area contributed by atoms with Crippen LogP contribution in [0.3, 0.4) is 0 Å². The van der Waals surface area contributed by atoms with E-state index < -0.39 is 12.0 Å². The third-order valence-corrected chi connectivity index (χ3v) is 9.14. The summed E-state index contributed by atoms with van der Waals surface area (Å²) in [6.45, 7) is 4.21. The molecule has 5 aromatic rings. The number of benzene rings is 4. The molecule has 9 nitrogen and oxygen atoms in total. The Bertz CT molecular complexity index is 2240. The van der Waals surface area contributed by atoms with Gasteiger partial charge in [-0.1, -0.05) is 83.6 Å². The number of esters is 2. The van der Waals surface area contributed by atoms with Crippen LogP contribution in [0, 0.1) is 0 Å². The van der Waals surface area contributed by atoms with Gasteiger partial charge in [0.1, 0.15) is 6.61 Å². The van der Waals surface area contributed by atoms with Gasteiger partial charge in [-0.05, 0) is 73.0 Å². The van der Waals surface area contributed by atoms with Gasteiger partial charge in [-0.2, -0.15) is 0 Å². The van der Waals surface area contributed by atoms with Gasteiger partial charge in [0.15, 0.2) is 16.3 Å². The minimum atomic E-state index is -0.809. The fourth-order valence-electron chi connectivity index (χ4n) is 5.56. The number of nitrogens with zero attached hydrogens (tertiary/aromatic N) is 2. The second kappa shape index (κ2) is 15.4. The Hall–Kier alpha value is -5.45. The van der Waals surface area contributed by atoms with E-state index in [9.17, 15) is 14.4 Å². The second-order valence-electron chi connectivity index (χ2n) is 11.1. The molecular formula is C39H33ClN2O7S. The quantitative estimate of drug-likeness (QED) is 0.147. The summed E-state index contributed by atoms with van der Waals surface area (Å²) in [5.41, 5.74) is 3.83. The van der Waals surface area contributed by atoms with Crippen molar-refractivity contribution in [3.05, 3.63) is 155 Å². The van der Waals surface area contributed by atoms with Crippen molar-refractivity contribution in [2.24, 2.45) is 4.99 Å². The predicted octanol–water partition coefficient (Wildman–Crippen LogP) is 6.35. The number of thiazole rings is 1. The SMILES string of the molecule is CCOC(=O)C1=C(c2ccccc2)N=c2s/c(=C\c3ccc(OCc4ccc(C(=O)OCC)cc4)c(OC)c3)c(=O)n2[C@H]1c1ccc(Cl)cc1. The molecule has 0 aliphatic carbocycles. The second-order valence-corrected chi connectivity index (χ2v) is 12.5. The van der Waals surface area contributed by atoms with Crippen LogP contribution in [0.1, 0.15) is 52.5 Å². The molecule has 1 aliphatic rings. The maximum absolute atomic E-state index is 14.2. The standard InChI is InChI=1S/C39H33ClN2O7S/c1-4-47-37(44)28-14-11-24(12-15-28)23-49-30-20-13-25(21-31(30)46-3)22-32-36(43)42-35(27-16-18-29(40)19-17-27)33(38(45)48-5-2)34(41-39(42)50-32)26-9-7-6-8-10-26/h6-22,35H,4-5,23H2,1-3H3/b32-22-/t35-/m0/s1. The monoisotopic (exact) mass is 708 g/mol. The molecule has 0 N–H and O–H groups in total. The largest absolute Gasteiger partial charge is 0.493 e. The maximum atomic E-state index is 14.2. The molecule has 0 spiro atoms. The molecule has 0 fully saturated rings. The fraction of sp³-hybridized carbons (Fsp3) is 0.179. The molecule has 0 bridgehead atoms. The first-order valence-corrected chi connectivity index (χ1v) is 17.1. The summed E-state index contributed by atoms with van der Waals surface area (Å²) >= 11 is 7.46. The van der Waals surface area contributed by atoms with Gasteiger partial charge in [0.2, 0.25) is 0 Å². The zero-order valence-electron chi connectivity index (χ0n) is 27.6. The van der Waals surface area contributed by atoms with Crippen molar-refractivity contribution >= 4 is 46.6 Å². The van der Waals surface area contributed by atoms with Crippen molar-refractivity contribution in [1.82, 2.24) is 4.57 Å². The van der Waals surface area contributed by atoms with Gasteiger partial charge < -0.3 is 18.9 Å². The first-order chi connectivity index (χ1) is 24.3. The van der Waals surface area contributed by atoms with E-state index >= 15 is 0 Å². The van der Waals surface area contributed by atoms with E-state index in [-0.39, 0.29) is 30.3 Å². The van der Waals surface area contributed by atoms with Crippen LogP contribution in [0.25, 0.3) is 11.8 Å². The lowest BCUT2D eigenvalue weighted by atomic mass is 9.93. The van der Waals surface area contributed by atoms with E-state index in [4.69, 9.17) is 35.5 Å². The number of hydrogen-bond acceptors (Lipinski definition) is 9. The Balaban J connectivity index is 1.38. The Labute approximate surface area is 297 Å². The summed E-state index contributed by atoms with van der Waals surface area (Å²) in [4.78, 5) is 45.1. The van der Waals surface area contributed by atoms with Crippen LogP contribution in [-0.4, -0.2) is 36.8 Å². The van der Waals surface area contributed by atoms with E-state index in [1.54, 1.807) is 92.3 Å². The molecule has 6 rings (SSSR count). The van der Waals surface area contributed by atoms with Crippen molar-refractivity contribution in [3.63, 3.8) is 0 Å². The van der Waals surface area contributed by atoms with Crippen molar-refractivity contribution < 1.29 is 28.5 Å². The number of rotatable bonds is 11. The molecule has 4 aromatic carbocycles. The average Bonchev–Trinajstić information content (AvgIpc) is 3.45. The highest BCUT2D eigenvalue weighted by atomic mass is 35.5. The zero-order valence-corrected chi connectivity index (χ0v) is 29.1. The van der Waals surface area contributed by atoms with Crippen molar-refractivity contribution in [2.45, 2.75) is 26.5 Å². The Kier molecular flexibility index (Phi) is 10.6. The van der Waals surface area contributed by atoms with Crippen LogP contribution in [0.15, 0.2) is 112 Å². The predicted molar refractivity (Wildman–Crippen MR) is 192 cm³/mol. The summed E-state index contributed by atoms with van der Waals surface area (Å²) in [6.07, 6.45) is 1.76. The Morgan fingerprint density at radius 1 is 0.880 bits per heavy atom. The first kappa shape index (κ1) is 34.4. The lowest BCUT2D eigenvalue weighted by molar-refractivity contribution is -0.138. The lowest BCUT2D eigenvalue weighted by Crippen LogP contribution is -2.40. The molecular weight excluding hydrogens is 676 g/mol. The summed E-state index contributed by atoms with van der Waals surface area (Å²) in [5.74, 6) is 0.0559. The van der Waals surface area contributed by atoms with Crippen LogP contribution < -0.4 is 24.4 Å². The molecule has 0 saturated carbocycles. The van der Waals surface area contributed by atoms with Crippen molar-refractivity contribution in [1.29, 1.82) is 0 Å². The highest BCUT2D eigenvalue weighted by Gasteiger charge is 2.35. The van der Waals surface area contributed by atoms with Crippen molar-refractivity contribution in [2.75, 3.05) is 20.3 Å². The molecule has 0 unspecified atom stereocenters. The number of methoxy groups -OCH3 is 1. The lowest BCUT2D eigenvalue weighted by Gasteiger charge is -2.25. The van der Waals surface area contributed by atoms with Gasteiger partial charge in [0.05, 0.1) is 47.7 Å². The molecule has 1 aliphatic heterocycles. The number of aromatic nitrogens is 1. The van der Waals surface area contributed by atoms with Crippen LogP contribution >= 0.6 is 22.9 Å². The topological polar surface area (TPSA) is 105 Å². The molecule has 1 atom stereocenters. The molecule has 254 valence electrons. The van der Waals surface area contributed by atoms with E-state index in [0.29, 0.717) is 54.8 Å². The van der Waals surface area contributed by atoms with Gasteiger partial charge in [-0.25, -0.2) is 14.6 Å². The molecule has 0 saturated heterocycles. The normalized spacial score (nSPS) is 14.1. The summed E-state index contributed by atoms with van der Waals surface area (Å²) in [5, 5.41) is 0.527. The fourth-order valence-corrected chi connectivity index (χ4v) is 6.68. The number of fused-ring (bicyclic) bond motifs is 1. The average molecular weight is 709 g/mol. The highest BCUT2D eigenvalue weighted by molar-refractivity contribution is 7.07. The smallest absolute Gasteiger partial charge is 0.338 e. The molecule has 11 heteroatoms. The minimum Gasteiger partial charge on any atom is -0.493 e. The van der Waals surface area contributed by atoms with Gasteiger partial charge in [0, 0.05) is 10.6 Å². The van der Waals surface area contributed by atoms with Gasteiger partial charge in [-0.15, -0.1) is 0 Å². The van der Waals surface area contributed by atoms with Crippen molar-refractivity contribution in [3.8, 4) is 11.5 Å². The summed E-state index contributed by atoms with van der Waals surface area (Å²) in [7, 11) is 1.54. The number of hydrogen-bond donors (Lipinski definition) is 0. The third-order valence-electron chi connectivity index (χ3n) is 7.90. The van der Waals surface area contributed by atoms with Gasteiger partial charge in [0.25, 0.3) is 5.56 Å². The number of carbonyl (C=O) groups excluding carboxylic acids is 2. The van der Waals surface area contributed by atoms with E-state index in [2.05, 4.69) is 0 Å². The number of halogens is 1. The van der Waals surface area contributed by atoms with Crippen LogP contribution in [0.4, 0.5) is 0 Å². The molecule has 0 radical (unpaired) electrons.